The number of carbonyl (C=O) groups excluding carboxylic acids is 3. The maximum atomic E-state index is 12.9. The SMILES string of the molecule is O=C(CN1C(=O)S/C(=C/c2ccc(Oc3ccc([N+](=O)[O-])cc3[N+](=O)[O-])cc2)C1=O)N1CCc2ccccc2C1. The third-order valence-electron chi connectivity index (χ3n) is 6.41. The number of fused-ring (bicyclic) bond motifs is 1. The van der Waals surface area contributed by atoms with E-state index in [1.54, 1.807) is 17.0 Å². The second kappa shape index (κ2) is 11.0. The number of carbonyl (C=O) groups is 3. The van der Waals surface area contributed by atoms with Gasteiger partial charge in [0.15, 0.2) is 0 Å². The largest absolute Gasteiger partial charge is 0.450 e. The molecule has 2 heterocycles. The van der Waals surface area contributed by atoms with E-state index in [1.807, 2.05) is 24.3 Å². The number of benzene rings is 3. The molecule has 0 aliphatic carbocycles. The lowest BCUT2D eigenvalue weighted by atomic mass is 10.00. The van der Waals surface area contributed by atoms with E-state index in [2.05, 4.69) is 0 Å². The summed E-state index contributed by atoms with van der Waals surface area (Å²) in [4.78, 5) is 61.8. The van der Waals surface area contributed by atoms with E-state index in [0.29, 0.717) is 25.1 Å². The summed E-state index contributed by atoms with van der Waals surface area (Å²) in [5, 5.41) is 21.7. The molecule has 40 heavy (non-hydrogen) atoms. The standard InChI is InChI=1S/C27H20N4O8S/c32-25(28-12-11-18-3-1-2-4-19(18)15-28)16-29-26(33)24(40-27(29)34)13-17-5-8-21(9-6-17)39-23-10-7-20(30(35)36)14-22(23)31(37)38/h1-10,13-14H,11-12,15-16H2/b24-13+. The van der Waals surface area contributed by atoms with Gasteiger partial charge in [0, 0.05) is 19.2 Å². The molecule has 0 unspecified atom stereocenters. The highest BCUT2D eigenvalue weighted by Crippen LogP contribution is 2.36. The summed E-state index contributed by atoms with van der Waals surface area (Å²) in [6.07, 6.45) is 2.21. The molecule has 3 aromatic carbocycles. The quantitative estimate of drug-likeness (QED) is 0.223. The maximum Gasteiger partial charge on any atom is 0.318 e. The molecule has 5 rings (SSSR count). The van der Waals surface area contributed by atoms with Crippen molar-refractivity contribution in [2.45, 2.75) is 13.0 Å². The number of rotatable bonds is 7. The summed E-state index contributed by atoms with van der Waals surface area (Å²) < 4.78 is 5.55. The number of amides is 3. The lowest BCUT2D eigenvalue weighted by Gasteiger charge is -2.29. The van der Waals surface area contributed by atoms with Crippen LogP contribution >= 0.6 is 11.8 Å². The first-order chi connectivity index (χ1) is 19.2. The number of non-ortho nitro benzene ring substituents is 1. The van der Waals surface area contributed by atoms with Crippen LogP contribution in [-0.2, 0) is 22.6 Å². The summed E-state index contributed by atoms with van der Waals surface area (Å²) in [6, 6.07) is 17.1. The minimum atomic E-state index is -0.776. The van der Waals surface area contributed by atoms with Crippen molar-refractivity contribution in [1.29, 1.82) is 0 Å². The van der Waals surface area contributed by atoms with Gasteiger partial charge in [-0.1, -0.05) is 36.4 Å². The molecule has 2 aliphatic rings. The van der Waals surface area contributed by atoms with E-state index in [1.165, 1.54) is 23.8 Å². The van der Waals surface area contributed by atoms with Gasteiger partial charge in [-0.25, -0.2) is 0 Å². The Morgan fingerprint density at radius 2 is 1.70 bits per heavy atom. The Bertz CT molecular complexity index is 1590. The van der Waals surface area contributed by atoms with Crippen LogP contribution < -0.4 is 4.74 Å². The van der Waals surface area contributed by atoms with E-state index < -0.39 is 32.4 Å². The molecule has 0 radical (unpaired) electrons. The van der Waals surface area contributed by atoms with Crippen LogP contribution in [0.5, 0.6) is 11.5 Å². The lowest BCUT2D eigenvalue weighted by Crippen LogP contribution is -2.44. The van der Waals surface area contributed by atoms with Gasteiger partial charge in [0.2, 0.25) is 11.7 Å². The van der Waals surface area contributed by atoms with Crippen LogP contribution in [0, 0.1) is 20.2 Å². The van der Waals surface area contributed by atoms with Gasteiger partial charge < -0.3 is 9.64 Å². The number of hydrogen-bond donors (Lipinski definition) is 0. The van der Waals surface area contributed by atoms with Gasteiger partial charge in [0.1, 0.15) is 12.3 Å². The fraction of sp³-hybridized carbons (Fsp3) is 0.148. The molecule has 1 saturated heterocycles. The number of nitro groups is 2. The molecule has 0 atom stereocenters. The van der Waals surface area contributed by atoms with Crippen molar-refractivity contribution in [3.8, 4) is 11.5 Å². The molecule has 0 saturated carbocycles. The van der Waals surface area contributed by atoms with E-state index in [0.717, 1.165) is 40.4 Å². The van der Waals surface area contributed by atoms with Crippen molar-refractivity contribution in [3.63, 3.8) is 0 Å². The highest BCUT2D eigenvalue weighted by Gasteiger charge is 2.37. The van der Waals surface area contributed by atoms with E-state index in [-0.39, 0.29) is 28.9 Å². The van der Waals surface area contributed by atoms with Crippen LogP contribution in [-0.4, -0.2) is 49.8 Å². The Morgan fingerprint density at radius 3 is 2.40 bits per heavy atom. The van der Waals surface area contributed by atoms with Crippen molar-refractivity contribution < 1.29 is 29.0 Å². The van der Waals surface area contributed by atoms with Gasteiger partial charge in [0.25, 0.3) is 16.8 Å². The first-order valence-corrected chi connectivity index (χ1v) is 12.8. The predicted octanol–water partition coefficient (Wildman–Crippen LogP) is 4.92. The molecule has 0 bridgehead atoms. The van der Waals surface area contributed by atoms with Crippen molar-refractivity contribution >= 4 is 46.3 Å². The summed E-state index contributed by atoms with van der Waals surface area (Å²) >= 11 is 0.736. The van der Waals surface area contributed by atoms with E-state index >= 15 is 0 Å². The Labute approximate surface area is 231 Å². The molecular weight excluding hydrogens is 540 g/mol. The van der Waals surface area contributed by atoms with Crippen molar-refractivity contribution in [3.05, 3.63) is 109 Å². The molecule has 12 nitrogen and oxygen atoms in total. The van der Waals surface area contributed by atoms with E-state index in [4.69, 9.17) is 4.74 Å². The molecular formula is C27H20N4O8S. The van der Waals surface area contributed by atoms with Crippen LogP contribution in [0.1, 0.15) is 16.7 Å². The zero-order chi connectivity index (χ0) is 28.4. The molecule has 0 aromatic heterocycles. The zero-order valence-corrected chi connectivity index (χ0v) is 21.5. The zero-order valence-electron chi connectivity index (χ0n) is 20.7. The highest BCUT2D eigenvalue weighted by molar-refractivity contribution is 8.18. The average molecular weight is 561 g/mol. The van der Waals surface area contributed by atoms with Crippen LogP contribution in [0.4, 0.5) is 16.2 Å². The minimum absolute atomic E-state index is 0.154. The first kappa shape index (κ1) is 26.6. The monoisotopic (exact) mass is 560 g/mol. The highest BCUT2D eigenvalue weighted by atomic mass is 32.2. The molecule has 0 spiro atoms. The number of ether oxygens (including phenoxy) is 1. The van der Waals surface area contributed by atoms with Gasteiger partial charge in [-0.15, -0.1) is 0 Å². The summed E-state index contributed by atoms with van der Waals surface area (Å²) in [5.74, 6) is -0.829. The van der Waals surface area contributed by atoms with Crippen molar-refractivity contribution in [1.82, 2.24) is 9.80 Å². The minimum Gasteiger partial charge on any atom is -0.450 e. The Morgan fingerprint density at radius 1 is 0.975 bits per heavy atom. The van der Waals surface area contributed by atoms with Crippen molar-refractivity contribution in [2.75, 3.05) is 13.1 Å². The Hall–Kier alpha value is -5.04. The second-order valence-corrected chi connectivity index (χ2v) is 9.93. The van der Waals surface area contributed by atoms with Crippen LogP contribution in [0.3, 0.4) is 0 Å². The molecule has 1 fully saturated rings. The topological polar surface area (TPSA) is 153 Å². The third kappa shape index (κ3) is 5.54. The molecule has 202 valence electrons. The van der Waals surface area contributed by atoms with Gasteiger partial charge in [-0.05, 0) is 59.1 Å². The number of hydrogen-bond acceptors (Lipinski definition) is 9. The summed E-state index contributed by atoms with van der Waals surface area (Å²) in [7, 11) is 0. The Balaban J connectivity index is 1.24. The molecule has 0 N–H and O–H groups in total. The van der Waals surface area contributed by atoms with Gasteiger partial charge in [0.05, 0.1) is 20.8 Å². The lowest BCUT2D eigenvalue weighted by molar-refractivity contribution is -0.394. The summed E-state index contributed by atoms with van der Waals surface area (Å²) in [5.41, 5.74) is 1.78. The summed E-state index contributed by atoms with van der Waals surface area (Å²) in [6.45, 7) is 0.600. The fourth-order valence-electron chi connectivity index (χ4n) is 4.34. The van der Waals surface area contributed by atoms with Crippen LogP contribution in [0.15, 0.2) is 71.6 Å². The third-order valence-corrected chi connectivity index (χ3v) is 7.31. The molecule has 3 amide bonds. The number of imide groups is 1. The Kier molecular flexibility index (Phi) is 7.29. The maximum absolute atomic E-state index is 12.9. The first-order valence-electron chi connectivity index (χ1n) is 12.0. The second-order valence-electron chi connectivity index (χ2n) is 8.94. The van der Waals surface area contributed by atoms with Crippen molar-refractivity contribution in [2.24, 2.45) is 0 Å². The van der Waals surface area contributed by atoms with Crippen LogP contribution in [0.25, 0.3) is 6.08 Å². The van der Waals surface area contributed by atoms with Crippen LogP contribution in [0.2, 0.25) is 0 Å². The predicted molar refractivity (Wildman–Crippen MR) is 145 cm³/mol. The van der Waals surface area contributed by atoms with Gasteiger partial charge in [-0.2, -0.15) is 0 Å². The number of nitrogens with zero attached hydrogens (tertiary/aromatic N) is 4. The van der Waals surface area contributed by atoms with Gasteiger partial charge >= 0.3 is 5.69 Å². The van der Waals surface area contributed by atoms with E-state index in [9.17, 15) is 34.6 Å². The smallest absolute Gasteiger partial charge is 0.318 e. The normalized spacial score (nSPS) is 15.8. The average Bonchev–Trinajstić information content (AvgIpc) is 3.20. The molecule has 13 heteroatoms. The fourth-order valence-corrected chi connectivity index (χ4v) is 5.18. The molecule has 3 aromatic rings. The number of thioether (sulfide) groups is 1. The number of nitro benzene ring substituents is 2. The molecule has 2 aliphatic heterocycles. The van der Waals surface area contributed by atoms with Gasteiger partial charge in [-0.3, -0.25) is 39.5 Å².